The van der Waals surface area contributed by atoms with Crippen molar-refractivity contribution in [2.75, 3.05) is 20.2 Å². The lowest BCUT2D eigenvalue weighted by Crippen LogP contribution is -2.38. The van der Waals surface area contributed by atoms with E-state index in [1.54, 1.807) is 49.8 Å². The second-order valence-electron chi connectivity index (χ2n) is 8.10. The summed E-state index contributed by atoms with van der Waals surface area (Å²) in [4.78, 5) is 9.28. The Morgan fingerprint density at radius 2 is 1.82 bits per heavy atom. The third-order valence-corrected chi connectivity index (χ3v) is 8.16. The van der Waals surface area contributed by atoms with Crippen LogP contribution in [0.15, 0.2) is 76.4 Å². The molecule has 0 saturated carbocycles. The number of methoxy groups -OCH3 is 1. The molecule has 2 aromatic carbocycles. The molecule has 1 unspecified atom stereocenters. The lowest BCUT2D eigenvalue weighted by molar-refractivity contribution is 0.413. The summed E-state index contributed by atoms with van der Waals surface area (Å²) in [5.74, 6) is 1.17. The molecule has 9 heteroatoms. The molecule has 0 aliphatic carbocycles. The molecule has 5 rings (SSSR count). The minimum atomic E-state index is -3.37. The molecule has 1 atom stereocenters. The lowest BCUT2D eigenvalue weighted by atomic mass is 10.1. The smallest absolute Gasteiger partial charge is 0.187 e. The molecule has 3 heterocycles. The van der Waals surface area contributed by atoms with Crippen molar-refractivity contribution in [3.05, 3.63) is 67.0 Å². The first-order valence-electron chi connectivity index (χ1n) is 11.0. The first kappa shape index (κ1) is 22.2. The van der Waals surface area contributed by atoms with Gasteiger partial charge in [0.15, 0.2) is 15.6 Å². The average molecular weight is 477 g/mol. The topological polar surface area (TPSA) is 107 Å². The van der Waals surface area contributed by atoms with Crippen LogP contribution < -0.4 is 10.1 Å². The van der Waals surface area contributed by atoms with Gasteiger partial charge in [0.2, 0.25) is 0 Å². The zero-order valence-corrected chi connectivity index (χ0v) is 19.5. The number of sulfone groups is 1. The molecule has 1 aliphatic rings. The van der Waals surface area contributed by atoms with Crippen LogP contribution in [-0.2, 0) is 9.84 Å². The summed E-state index contributed by atoms with van der Waals surface area (Å²) in [6.07, 6.45) is 4.78. The van der Waals surface area contributed by atoms with Crippen molar-refractivity contribution >= 4 is 9.84 Å². The predicted octanol–water partition coefficient (Wildman–Crippen LogP) is 4.00. The number of aromatic nitrogens is 3. The highest BCUT2D eigenvalue weighted by Gasteiger charge is 2.28. The van der Waals surface area contributed by atoms with Gasteiger partial charge in [-0.05, 0) is 43.7 Å². The van der Waals surface area contributed by atoms with Crippen LogP contribution in [0.25, 0.3) is 34.0 Å². The highest BCUT2D eigenvalue weighted by molar-refractivity contribution is 7.92. The van der Waals surface area contributed by atoms with Gasteiger partial charge < -0.3 is 14.6 Å². The Labute approximate surface area is 197 Å². The van der Waals surface area contributed by atoms with Crippen LogP contribution in [0.1, 0.15) is 12.8 Å². The van der Waals surface area contributed by atoms with E-state index in [-0.39, 0.29) is 5.25 Å². The summed E-state index contributed by atoms with van der Waals surface area (Å²) in [6, 6.07) is 16.2. The van der Waals surface area contributed by atoms with E-state index in [9.17, 15) is 8.42 Å². The average Bonchev–Trinajstić information content (AvgIpc) is 3.40. The van der Waals surface area contributed by atoms with Crippen molar-refractivity contribution in [3.63, 3.8) is 0 Å². The molecule has 0 amide bonds. The maximum atomic E-state index is 12.9. The molecule has 2 aromatic heterocycles. The highest BCUT2D eigenvalue weighted by Crippen LogP contribution is 2.32. The Bertz CT molecular complexity index is 1390. The number of nitrogens with one attached hydrogen (secondary N) is 1. The molecule has 4 aromatic rings. The molecule has 8 nitrogen and oxygen atoms in total. The number of hydrogen-bond acceptors (Lipinski definition) is 8. The second kappa shape index (κ2) is 9.36. The van der Waals surface area contributed by atoms with E-state index >= 15 is 0 Å². The van der Waals surface area contributed by atoms with E-state index in [1.807, 2.05) is 24.3 Å². The fourth-order valence-corrected chi connectivity index (χ4v) is 5.81. The van der Waals surface area contributed by atoms with Crippen LogP contribution in [-0.4, -0.2) is 49.0 Å². The molecule has 0 bridgehead atoms. The van der Waals surface area contributed by atoms with Crippen molar-refractivity contribution in [2.24, 2.45) is 0 Å². The number of hydrogen-bond donors (Lipinski definition) is 1. The Morgan fingerprint density at radius 1 is 1.03 bits per heavy atom. The van der Waals surface area contributed by atoms with Crippen molar-refractivity contribution in [1.82, 2.24) is 20.4 Å². The van der Waals surface area contributed by atoms with E-state index in [2.05, 4.69) is 20.4 Å². The predicted molar refractivity (Wildman–Crippen MR) is 128 cm³/mol. The van der Waals surface area contributed by atoms with Crippen LogP contribution in [0.3, 0.4) is 0 Å². The molecule has 1 N–H and O–H groups in total. The Hall–Kier alpha value is -3.56. The summed E-state index contributed by atoms with van der Waals surface area (Å²) in [7, 11) is -1.77. The standard InChI is InChI=1S/C25H24N4O4S/c1-32-24-7-3-2-6-20(24)21-13-25(33-29-21)23-16-27-15-22(28-23)17-8-10-18(11-9-17)34(30,31)19-5-4-12-26-14-19/h2-3,6-11,13,15-16,19,26H,4-5,12,14H2,1H3. The first-order valence-corrected chi connectivity index (χ1v) is 12.6. The van der Waals surface area contributed by atoms with Crippen LogP contribution in [0, 0.1) is 0 Å². The zero-order chi connectivity index (χ0) is 23.5. The molecule has 1 saturated heterocycles. The lowest BCUT2D eigenvalue weighted by Gasteiger charge is -2.22. The van der Waals surface area contributed by atoms with Crippen molar-refractivity contribution in [3.8, 4) is 39.7 Å². The minimum Gasteiger partial charge on any atom is -0.496 e. The monoisotopic (exact) mass is 476 g/mol. The van der Waals surface area contributed by atoms with Gasteiger partial charge in [0, 0.05) is 23.7 Å². The Morgan fingerprint density at radius 3 is 2.59 bits per heavy atom. The zero-order valence-electron chi connectivity index (χ0n) is 18.6. The third-order valence-electron chi connectivity index (χ3n) is 5.95. The summed E-state index contributed by atoms with van der Waals surface area (Å²) in [5.41, 5.74) is 3.34. The van der Waals surface area contributed by atoms with Crippen molar-refractivity contribution in [1.29, 1.82) is 0 Å². The summed E-state index contributed by atoms with van der Waals surface area (Å²) in [6.45, 7) is 1.36. The fraction of sp³-hybridized carbons (Fsp3) is 0.240. The van der Waals surface area contributed by atoms with Gasteiger partial charge in [0.05, 0.1) is 35.3 Å². The third kappa shape index (κ3) is 4.32. The van der Waals surface area contributed by atoms with Gasteiger partial charge in [-0.15, -0.1) is 0 Å². The van der Waals surface area contributed by atoms with Gasteiger partial charge >= 0.3 is 0 Å². The molecule has 1 aliphatic heterocycles. The molecule has 0 spiro atoms. The van der Waals surface area contributed by atoms with Gasteiger partial charge in [-0.2, -0.15) is 0 Å². The van der Waals surface area contributed by atoms with E-state index < -0.39 is 9.84 Å². The van der Waals surface area contributed by atoms with Crippen LogP contribution in [0.4, 0.5) is 0 Å². The van der Waals surface area contributed by atoms with Gasteiger partial charge in [-0.1, -0.05) is 29.4 Å². The largest absolute Gasteiger partial charge is 0.496 e. The first-order chi connectivity index (χ1) is 16.6. The highest BCUT2D eigenvalue weighted by atomic mass is 32.2. The second-order valence-corrected chi connectivity index (χ2v) is 10.3. The Balaban J connectivity index is 1.40. The summed E-state index contributed by atoms with van der Waals surface area (Å²) in [5, 5.41) is 6.94. The molecule has 174 valence electrons. The van der Waals surface area contributed by atoms with Gasteiger partial charge in [-0.25, -0.2) is 13.4 Å². The molecule has 0 radical (unpaired) electrons. The number of ether oxygens (including phenoxy) is 1. The molecule has 34 heavy (non-hydrogen) atoms. The van der Waals surface area contributed by atoms with Crippen molar-refractivity contribution in [2.45, 2.75) is 23.0 Å². The molecular formula is C25H24N4O4S. The molecular weight excluding hydrogens is 452 g/mol. The van der Waals surface area contributed by atoms with Gasteiger partial charge in [-0.3, -0.25) is 4.98 Å². The fourth-order valence-electron chi connectivity index (χ4n) is 4.10. The minimum absolute atomic E-state index is 0.325. The van der Waals surface area contributed by atoms with Gasteiger partial charge in [0.25, 0.3) is 0 Å². The van der Waals surface area contributed by atoms with Crippen LogP contribution in [0.2, 0.25) is 0 Å². The SMILES string of the molecule is COc1ccccc1-c1cc(-c2cncc(-c3ccc(S(=O)(=O)C4CCCNC4)cc3)n2)on1. The van der Waals surface area contributed by atoms with E-state index in [0.29, 0.717) is 46.5 Å². The van der Waals surface area contributed by atoms with Crippen LogP contribution >= 0.6 is 0 Å². The number of nitrogens with zero attached hydrogens (tertiary/aromatic N) is 3. The van der Waals surface area contributed by atoms with E-state index in [1.165, 1.54) is 0 Å². The number of benzene rings is 2. The molecule has 1 fully saturated rings. The summed E-state index contributed by atoms with van der Waals surface area (Å²) >= 11 is 0. The van der Waals surface area contributed by atoms with Crippen LogP contribution in [0.5, 0.6) is 5.75 Å². The normalized spacial score (nSPS) is 16.3. The van der Waals surface area contributed by atoms with E-state index in [4.69, 9.17) is 9.26 Å². The van der Waals surface area contributed by atoms with E-state index in [0.717, 1.165) is 24.1 Å². The maximum Gasteiger partial charge on any atom is 0.187 e. The number of para-hydroxylation sites is 1. The number of rotatable bonds is 6. The van der Waals surface area contributed by atoms with Crippen molar-refractivity contribution < 1.29 is 17.7 Å². The number of piperidine rings is 1. The Kier molecular flexibility index (Phi) is 6.12. The maximum absolute atomic E-state index is 12.9. The van der Waals surface area contributed by atoms with Gasteiger partial charge in [0.1, 0.15) is 17.1 Å². The summed E-state index contributed by atoms with van der Waals surface area (Å²) < 4.78 is 36.8. The quantitative estimate of drug-likeness (QED) is 0.445.